The highest BCUT2D eigenvalue weighted by atomic mass is 127. The van der Waals surface area contributed by atoms with Gasteiger partial charge >= 0.3 is 0 Å². The lowest BCUT2D eigenvalue weighted by Crippen LogP contribution is -1.97. The summed E-state index contributed by atoms with van der Waals surface area (Å²) in [4.78, 5) is 4.58. The minimum absolute atomic E-state index is 0.846. The molecule has 0 saturated carbocycles. The van der Waals surface area contributed by atoms with Gasteiger partial charge in [-0.05, 0) is 54.5 Å². The van der Waals surface area contributed by atoms with Gasteiger partial charge in [-0.3, -0.25) is 5.43 Å². The number of nitrogens with zero attached hydrogens (tertiary/aromatic N) is 2. The van der Waals surface area contributed by atoms with Crippen LogP contribution in [-0.2, 0) is 0 Å². The molecule has 21 heavy (non-hydrogen) atoms. The van der Waals surface area contributed by atoms with Gasteiger partial charge in [0.2, 0.25) is 5.13 Å². The molecule has 5 heteroatoms. The van der Waals surface area contributed by atoms with Crippen molar-refractivity contribution in [1.82, 2.24) is 4.98 Å². The Balaban J connectivity index is 1.94. The molecule has 0 bridgehead atoms. The third kappa shape index (κ3) is 5.39. The quantitative estimate of drug-likeness (QED) is 0.270. The van der Waals surface area contributed by atoms with E-state index in [9.17, 15) is 0 Å². The van der Waals surface area contributed by atoms with E-state index in [0.717, 1.165) is 28.5 Å². The maximum absolute atomic E-state index is 4.58. The fraction of sp³-hybridized carbons (Fsp3) is 0.375. The molecule has 0 saturated heterocycles. The number of hydrogen-bond acceptors (Lipinski definition) is 4. The smallest absolute Gasteiger partial charge is 0.203 e. The van der Waals surface area contributed by atoms with Gasteiger partial charge in [-0.15, -0.1) is 11.3 Å². The molecule has 1 aromatic carbocycles. The first kappa shape index (κ1) is 16.4. The molecule has 0 amide bonds. The van der Waals surface area contributed by atoms with Gasteiger partial charge in [0.15, 0.2) is 0 Å². The summed E-state index contributed by atoms with van der Waals surface area (Å²) < 4.78 is 1.23. The number of hydrogen-bond donors (Lipinski definition) is 1. The molecule has 0 fully saturated rings. The molecule has 1 aromatic heterocycles. The predicted octanol–water partition coefficient (Wildman–Crippen LogP) is 5.78. The summed E-state index contributed by atoms with van der Waals surface area (Å²) in [6, 6.07) is 8.39. The van der Waals surface area contributed by atoms with Crippen LogP contribution in [-0.4, -0.2) is 10.7 Å². The van der Waals surface area contributed by atoms with Crippen LogP contribution < -0.4 is 5.43 Å². The molecule has 3 nitrogen and oxygen atoms in total. The van der Waals surface area contributed by atoms with Crippen LogP contribution in [0.3, 0.4) is 0 Å². The summed E-state index contributed by atoms with van der Waals surface area (Å²) in [6.45, 7) is 4.28. The second-order valence-corrected chi connectivity index (χ2v) is 7.06. The number of nitrogens with one attached hydrogen (secondary N) is 1. The fourth-order valence-electron chi connectivity index (χ4n) is 1.91. The molecule has 112 valence electrons. The van der Waals surface area contributed by atoms with E-state index in [1.165, 1.54) is 22.8 Å². The zero-order valence-electron chi connectivity index (χ0n) is 12.4. The average molecular weight is 413 g/mol. The third-order valence-corrected chi connectivity index (χ3v) is 4.59. The van der Waals surface area contributed by atoms with Gasteiger partial charge in [-0.2, -0.15) is 5.10 Å². The van der Waals surface area contributed by atoms with E-state index < -0.39 is 0 Å². The van der Waals surface area contributed by atoms with Crippen molar-refractivity contribution in [3.05, 3.63) is 33.2 Å². The highest BCUT2D eigenvalue weighted by molar-refractivity contribution is 14.1. The third-order valence-electron chi connectivity index (χ3n) is 3.13. The Kier molecular flexibility index (Phi) is 6.63. The number of rotatable bonds is 7. The summed E-state index contributed by atoms with van der Waals surface area (Å²) in [6.07, 6.45) is 4.77. The Hall–Kier alpha value is -0.950. The van der Waals surface area contributed by atoms with Crippen LogP contribution in [0.2, 0.25) is 0 Å². The summed E-state index contributed by atoms with van der Waals surface area (Å²) >= 11 is 3.89. The van der Waals surface area contributed by atoms with Crippen molar-refractivity contribution >= 4 is 44.8 Å². The number of hydrazone groups is 1. The number of thiazole rings is 1. The van der Waals surface area contributed by atoms with Crippen molar-refractivity contribution in [2.24, 2.45) is 5.10 Å². The van der Waals surface area contributed by atoms with Crippen molar-refractivity contribution < 1.29 is 0 Å². The summed E-state index contributed by atoms with van der Waals surface area (Å²) in [5.41, 5.74) is 6.34. The van der Waals surface area contributed by atoms with E-state index >= 15 is 0 Å². The van der Waals surface area contributed by atoms with Crippen molar-refractivity contribution in [3.8, 4) is 11.3 Å². The van der Waals surface area contributed by atoms with Gasteiger partial charge in [0.1, 0.15) is 0 Å². The Labute approximate surface area is 144 Å². The maximum Gasteiger partial charge on any atom is 0.203 e. The Bertz CT molecular complexity index is 590. The summed E-state index contributed by atoms with van der Waals surface area (Å²) in [7, 11) is 0. The van der Waals surface area contributed by atoms with Gasteiger partial charge in [0.05, 0.1) is 5.69 Å². The van der Waals surface area contributed by atoms with Gasteiger partial charge < -0.3 is 0 Å². The SMILES string of the molecule is CCCCC/C(C)=N/Nc1nc(-c2ccc(I)cc2)cs1. The topological polar surface area (TPSA) is 37.3 Å². The highest BCUT2D eigenvalue weighted by Gasteiger charge is 2.04. The molecule has 0 aliphatic carbocycles. The molecule has 0 radical (unpaired) electrons. The molecule has 2 rings (SSSR count). The van der Waals surface area contributed by atoms with Crippen LogP contribution in [0.1, 0.15) is 39.5 Å². The summed E-state index contributed by atoms with van der Waals surface area (Å²) in [5, 5.41) is 7.31. The van der Waals surface area contributed by atoms with E-state index in [2.05, 4.69) is 81.6 Å². The van der Waals surface area contributed by atoms with Crippen molar-refractivity contribution in [2.45, 2.75) is 39.5 Å². The molecule has 0 aliphatic rings. The number of aromatic nitrogens is 1. The number of anilines is 1. The standard InChI is InChI=1S/C16H20IN3S/c1-3-4-5-6-12(2)19-20-16-18-15(11-21-16)13-7-9-14(17)10-8-13/h7-11H,3-6H2,1-2H3,(H,18,20)/b19-12+. The second-order valence-electron chi connectivity index (χ2n) is 4.96. The first-order valence-corrected chi connectivity index (χ1v) is 9.15. The van der Waals surface area contributed by atoms with Crippen LogP contribution >= 0.6 is 33.9 Å². The Morgan fingerprint density at radius 2 is 2.05 bits per heavy atom. The molecule has 0 aliphatic heterocycles. The van der Waals surface area contributed by atoms with E-state index in [-0.39, 0.29) is 0 Å². The molecule has 1 heterocycles. The van der Waals surface area contributed by atoms with E-state index in [4.69, 9.17) is 0 Å². The van der Waals surface area contributed by atoms with Crippen molar-refractivity contribution in [3.63, 3.8) is 0 Å². The zero-order valence-corrected chi connectivity index (χ0v) is 15.4. The van der Waals surface area contributed by atoms with Crippen LogP contribution in [0, 0.1) is 3.57 Å². The molecule has 0 atom stereocenters. The summed E-state index contributed by atoms with van der Waals surface area (Å²) in [5.74, 6) is 0. The van der Waals surface area contributed by atoms with Gasteiger partial charge in [0, 0.05) is 20.2 Å². The Morgan fingerprint density at radius 3 is 2.76 bits per heavy atom. The first-order valence-electron chi connectivity index (χ1n) is 7.19. The molecule has 0 spiro atoms. The number of unbranched alkanes of at least 4 members (excludes halogenated alkanes) is 2. The van der Waals surface area contributed by atoms with Gasteiger partial charge in [-0.25, -0.2) is 4.98 Å². The molecular formula is C16H20IN3S. The predicted molar refractivity (Wildman–Crippen MR) is 101 cm³/mol. The zero-order chi connectivity index (χ0) is 15.1. The normalized spacial score (nSPS) is 11.7. The largest absolute Gasteiger partial charge is 0.253 e. The molecule has 2 aromatic rings. The number of benzene rings is 1. The van der Waals surface area contributed by atoms with Crippen LogP contribution in [0.25, 0.3) is 11.3 Å². The monoisotopic (exact) mass is 413 g/mol. The van der Waals surface area contributed by atoms with Crippen molar-refractivity contribution in [1.29, 1.82) is 0 Å². The fourth-order valence-corrected chi connectivity index (χ4v) is 2.93. The highest BCUT2D eigenvalue weighted by Crippen LogP contribution is 2.25. The van der Waals surface area contributed by atoms with Crippen molar-refractivity contribution in [2.75, 3.05) is 5.43 Å². The molecule has 0 unspecified atom stereocenters. The lowest BCUT2D eigenvalue weighted by Gasteiger charge is -2.00. The average Bonchev–Trinajstić information content (AvgIpc) is 2.95. The second kappa shape index (κ2) is 8.48. The Morgan fingerprint density at radius 1 is 1.29 bits per heavy atom. The van der Waals surface area contributed by atoms with Crippen LogP contribution in [0.15, 0.2) is 34.7 Å². The molecule has 1 N–H and O–H groups in total. The lowest BCUT2D eigenvalue weighted by atomic mass is 10.1. The van der Waals surface area contributed by atoms with E-state index in [1.807, 2.05) is 0 Å². The maximum atomic E-state index is 4.58. The minimum Gasteiger partial charge on any atom is -0.253 e. The molecular weight excluding hydrogens is 393 g/mol. The minimum atomic E-state index is 0.846. The number of halogens is 1. The lowest BCUT2D eigenvalue weighted by molar-refractivity contribution is 0.740. The van der Waals surface area contributed by atoms with Gasteiger partial charge in [-0.1, -0.05) is 31.9 Å². The van der Waals surface area contributed by atoms with E-state index in [1.54, 1.807) is 11.3 Å². The van der Waals surface area contributed by atoms with E-state index in [0.29, 0.717) is 0 Å². The van der Waals surface area contributed by atoms with Crippen LogP contribution in [0.4, 0.5) is 5.13 Å². The van der Waals surface area contributed by atoms with Gasteiger partial charge in [0.25, 0.3) is 0 Å². The first-order chi connectivity index (χ1) is 10.2. The van der Waals surface area contributed by atoms with Crippen LogP contribution in [0.5, 0.6) is 0 Å².